The zero-order valence-corrected chi connectivity index (χ0v) is 13.4. The van der Waals surface area contributed by atoms with Crippen LogP contribution in [0.2, 0.25) is 0 Å². The van der Waals surface area contributed by atoms with Crippen molar-refractivity contribution in [2.45, 2.75) is 39.3 Å². The fourth-order valence-electron chi connectivity index (χ4n) is 4.19. The summed E-state index contributed by atoms with van der Waals surface area (Å²) in [5.41, 5.74) is -0.501. The third-order valence-corrected chi connectivity index (χ3v) is 5.33. The Morgan fingerprint density at radius 2 is 1.82 bits per heavy atom. The van der Waals surface area contributed by atoms with Crippen molar-refractivity contribution in [1.82, 2.24) is 0 Å². The van der Waals surface area contributed by atoms with Crippen LogP contribution in [0, 0.1) is 29.1 Å². The van der Waals surface area contributed by atoms with Crippen LogP contribution in [-0.4, -0.2) is 44.3 Å². The average molecular weight is 308 g/mol. The summed E-state index contributed by atoms with van der Waals surface area (Å²) in [6, 6.07) is 0. The molecule has 5 nitrogen and oxygen atoms in total. The summed E-state index contributed by atoms with van der Waals surface area (Å²) in [5, 5.41) is 0. The van der Waals surface area contributed by atoms with Crippen LogP contribution in [0.4, 0.5) is 0 Å². The molecule has 3 aliphatic heterocycles. The molecule has 0 unspecified atom stereocenters. The summed E-state index contributed by atoms with van der Waals surface area (Å²) >= 11 is 0. The van der Waals surface area contributed by atoms with E-state index in [9.17, 15) is 4.79 Å². The maximum absolute atomic E-state index is 12.0. The molecule has 4 rings (SSSR count). The van der Waals surface area contributed by atoms with Gasteiger partial charge in [0.1, 0.15) is 12.7 Å². The number of hydrogen-bond donors (Lipinski definition) is 0. The van der Waals surface area contributed by atoms with E-state index in [1.807, 2.05) is 20.8 Å². The lowest BCUT2D eigenvalue weighted by Gasteiger charge is -2.43. The first-order valence-corrected chi connectivity index (χ1v) is 8.19. The Bertz CT molecular complexity index is 494. The molecule has 0 N–H and O–H groups in total. The molecule has 3 fully saturated rings. The van der Waals surface area contributed by atoms with Gasteiger partial charge in [0.2, 0.25) is 0 Å². The van der Waals surface area contributed by atoms with Crippen LogP contribution in [0.1, 0.15) is 20.8 Å². The van der Waals surface area contributed by atoms with Crippen molar-refractivity contribution >= 4 is 5.97 Å². The molecule has 0 aromatic rings. The van der Waals surface area contributed by atoms with Crippen molar-refractivity contribution in [1.29, 1.82) is 0 Å². The first kappa shape index (κ1) is 14.7. The van der Waals surface area contributed by atoms with Gasteiger partial charge < -0.3 is 18.9 Å². The Morgan fingerprint density at radius 1 is 1.14 bits per heavy atom. The van der Waals surface area contributed by atoms with Crippen LogP contribution >= 0.6 is 0 Å². The Labute approximate surface area is 130 Å². The fourth-order valence-corrected chi connectivity index (χ4v) is 4.19. The van der Waals surface area contributed by atoms with E-state index in [1.54, 1.807) is 0 Å². The van der Waals surface area contributed by atoms with Gasteiger partial charge in [0, 0.05) is 23.7 Å². The minimum Gasteiger partial charge on any atom is -0.462 e. The average Bonchev–Trinajstić information content (AvgIpc) is 3.05. The van der Waals surface area contributed by atoms with E-state index in [0.717, 1.165) is 13.2 Å². The van der Waals surface area contributed by atoms with Gasteiger partial charge in [0.05, 0.1) is 24.7 Å². The molecule has 0 aromatic carbocycles. The van der Waals surface area contributed by atoms with E-state index in [2.05, 4.69) is 12.2 Å². The lowest BCUT2D eigenvalue weighted by atomic mass is 9.68. The minimum atomic E-state index is -0.501. The van der Waals surface area contributed by atoms with Gasteiger partial charge in [-0.15, -0.1) is 0 Å². The summed E-state index contributed by atoms with van der Waals surface area (Å²) < 4.78 is 23.4. The maximum Gasteiger partial charge on any atom is 0.311 e. The predicted octanol–water partition coefficient (Wildman–Crippen LogP) is 1.76. The van der Waals surface area contributed by atoms with Gasteiger partial charge in [0.15, 0.2) is 6.29 Å². The molecule has 1 aliphatic carbocycles. The molecular weight excluding hydrogens is 284 g/mol. The quantitative estimate of drug-likeness (QED) is 0.575. The van der Waals surface area contributed by atoms with Gasteiger partial charge >= 0.3 is 5.97 Å². The Balaban J connectivity index is 1.49. The standard InChI is InChI=1S/C17H24O5/c1-17(2,3)16(18)21-8-11-14-12-9(6-19-14)4-5-10-7-20-15(22-11)13(10)12/h4-5,9-15H,6-8H2,1-3H3/t9-,10+,11-,12+,13-,14-,15+/m1/s1. The number of carbonyl (C=O) groups is 1. The van der Waals surface area contributed by atoms with Crippen molar-refractivity contribution in [2.75, 3.05) is 19.8 Å². The Kier molecular flexibility index (Phi) is 3.36. The van der Waals surface area contributed by atoms with E-state index in [1.165, 1.54) is 0 Å². The lowest BCUT2D eigenvalue weighted by Crippen LogP contribution is -2.53. The molecule has 5 heteroatoms. The van der Waals surface area contributed by atoms with Crippen molar-refractivity contribution in [3.05, 3.63) is 12.2 Å². The molecule has 0 spiro atoms. The van der Waals surface area contributed by atoms with Gasteiger partial charge in [-0.2, -0.15) is 0 Å². The smallest absolute Gasteiger partial charge is 0.311 e. The summed E-state index contributed by atoms with van der Waals surface area (Å²) in [7, 11) is 0. The zero-order valence-electron chi connectivity index (χ0n) is 13.4. The van der Waals surface area contributed by atoms with E-state index < -0.39 is 5.41 Å². The summed E-state index contributed by atoms with van der Waals surface area (Å²) in [6.07, 6.45) is 4.14. The summed E-state index contributed by atoms with van der Waals surface area (Å²) in [5.74, 6) is 1.49. The largest absolute Gasteiger partial charge is 0.462 e. The van der Waals surface area contributed by atoms with Crippen LogP contribution in [0.5, 0.6) is 0 Å². The molecule has 122 valence electrons. The number of ether oxygens (including phenoxy) is 4. The molecule has 0 aromatic heterocycles. The van der Waals surface area contributed by atoms with Crippen molar-refractivity contribution in [2.24, 2.45) is 29.1 Å². The second-order valence-corrected chi connectivity index (χ2v) is 7.89. The summed E-state index contributed by atoms with van der Waals surface area (Å²) in [6.45, 7) is 7.25. The highest BCUT2D eigenvalue weighted by Gasteiger charge is 2.58. The molecule has 4 aliphatic rings. The Morgan fingerprint density at radius 3 is 2.55 bits per heavy atom. The van der Waals surface area contributed by atoms with E-state index in [0.29, 0.717) is 23.7 Å². The highest BCUT2D eigenvalue weighted by Crippen LogP contribution is 2.51. The molecule has 3 heterocycles. The van der Waals surface area contributed by atoms with Gasteiger partial charge in [-0.3, -0.25) is 4.79 Å². The van der Waals surface area contributed by atoms with E-state index >= 15 is 0 Å². The van der Waals surface area contributed by atoms with Gasteiger partial charge in [-0.1, -0.05) is 12.2 Å². The monoisotopic (exact) mass is 308 g/mol. The fraction of sp³-hybridized carbons (Fsp3) is 0.824. The van der Waals surface area contributed by atoms with Crippen molar-refractivity contribution in [3.63, 3.8) is 0 Å². The SMILES string of the molecule is CC(C)(C)C(=O)OC[C@H]1O[C@@H]2OC[C@@H]3C=C[C@@H]4CO[C@H]1[C@@H]4[C@H]23. The highest BCUT2D eigenvalue weighted by molar-refractivity contribution is 5.75. The van der Waals surface area contributed by atoms with E-state index in [4.69, 9.17) is 18.9 Å². The van der Waals surface area contributed by atoms with Crippen LogP contribution < -0.4 is 0 Å². The number of rotatable bonds is 2. The molecule has 22 heavy (non-hydrogen) atoms. The van der Waals surface area contributed by atoms with E-state index in [-0.39, 0.29) is 31.1 Å². The lowest BCUT2D eigenvalue weighted by molar-refractivity contribution is -0.243. The second-order valence-electron chi connectivity index (χ2n) is 7.89. The van der Waals surface area contributed by atoms with Crippen molar-refractivity contribution in [3.8, 4) is 0 Å². The number of hydrogen-bond acceptors (Lipinski definition) is 5. The molecule has 0 amide bonds. The number of carbonyl (C=O) groups excluding carboxylic acids is 1. The van der Waals surface area contributed by atoms with Crippen LogP contribution in [0.25, 0.3) is 0 Å². The predicted molar refractivity (Wildman–Crippen MR) is 77.9 cm³/mol. The molecule has 0 saturated carbocycles. The van der Waals surface area contributed by atoms with Crippen LogP contribution in [0.15, 0.2) is 12.2 Å². The molecule has 0 radical (unpaired) electrons. The van der Waals surface area contributed by atoms with Crippen LogP contribution in [-0.2, 0) is 23.7 Å². The Hall–Kier alpha value is -0.910. The molecular formula is C17H24O5. The molecule has 0 bridgehead atoms. The second kappa shape index (κ2) is 5.05. The zero-order chi connectivity index (χ0) is 15.5. The maximum atomic E-state index is 12.0. The third kappa shape index (κ3) is 2.22. The van der Waals surface area contributed by atoms with Gasteiger partial charge in [0.25, 0.3) is 0 Å². The first-order valence-electron chi connectivity index (χ1n) is 8.19. The highest BCUT2D eigenvalue weighted by atomic mass is 16.7. The minimum absolute atomic E-state index is 0.00756. The van der Waals surface area contributed by atoms with Gasteiger partial charge in [-0.25, -0.2) is 0 Å². The normalized spacial score (nSPS) is 45.7. The van der Waals surface area contributed by atoms with Gasteiger partial charge in [-0.05, 0) is 20.8 Å². The molecule has 7 atom stereocenters. The third-order valence-electron chi connectivity index (χ3n) is 5.33. The first-order chi connectivity index (χ1) is 10.4. The molecule has 3 saturated heterocycles. The van der Waals surface area contributed by atoms with Crippen LogP contribution in [0.3, 0.4) is 0 Å². The number of esters is 1. The van der Waals surface area contributed by atoms with Crippen molar-refractivity contribution < 1.29 is 23.7 Å². The summed E-state index contributed by atoms with van der Waals surface area (Å²) in [4.78, 5) is 12.0. The topological polar surface area (TPSA) is 54.0 Å².